The molecule has 0 aliphatic carbocycles. The van der Waals surface area contributed by atoms with Crippen molar-refractivity contribution in [1.82, 2.24) is 4.57 Å². The van der Waals surface area contributed by atoms with E-state index < -0.39 is 0 Å². The Labute approximate surface area is 281 Å². The standard InChI is InChI=1S/C44H25N3S/c45-26-28-18-31(30-10-2-1-3-11-30)22-34(20-28)39-24-33(25-40-38-14-6-9-17-43(38)48-44(39)40)32-19-29(27-46)21-35(23-32)47-41-15-7-4-12-36(41)37-13-5-8-16-42(37)47/h1-25H. The van der Waals surface area contributed by atoms with E-state index in [2.05, 4.69) is 126 Å². The monoisotopic (exact) mass is 627 g/mol. The van der Waals surface area contributed by atoms with Gasteiger partial charge < -0.3 is 4.57 Å². The number of nitriles is 2. The van der Waals surface area contributed by atoms with Gasteiger partial charge in [0.25, 0.3) is 0 Å². The maximum absolute atomic E-state index is 10.3. The van der Waals surface area contributed by atoms with E-state index >= 15 is 0 Å². The Morgan fingerprint density at radius 1 is 0.438 bits per heavy atom. The number of rotatable bonds is 4. The van der Waals surface area contributed by atoms with E-state index in [1.54, 1.807) is 11.3 Å². The van der Waals surface area contributed by atoms with Crippen LogP contribution in [-0.4, -0.2) is 4.57 Å². The lowest BCUT2D eigenvalue weighted by Crippen LogP contribution is -1.96. The van der Waals surface area contributed by atoms with Crippen LogP contribution in [0.15, 0.2) is 152 Å². The van der Waals surface area contributed by atoms with Crippen LogP contribution in [-0.2, 0) is 0 Å². The van der Waals surface area contributed by atoms with Crippen LogP contribution in [0.2, 0.25) is 0 Å². The van der Waals surface area contributed by atoms with Gasteiger partial charge in [-0.3, -0.25) is 0 Å². The summed E-state index contributed by atoms with van der Waals surface area (Å²) in [6.45, 7) is 0. The number of aromatic nitrogens is 1. The van der Waals surface area contributed by atoms with Gasteiger partial charge in [-0.25, -0.2) is 0 Å². The minimum atomic E-state index is 0.596. The summed E-state index contributed by atoms with van der Waals surface area (Å²) in [5.41, 5.74) is 10.5. The van der Waals surface area contributed by atoms with Crippen molar-refractivity contribution in [3.05, 3.63) is 163 Å². The molecule has 0 N–H and O–H groups in total. The molecule has 0 fully saturated rings. The van der Waals surface area contributed by atoms with E-state index in [0.717, 1.165) is 55.5 Å². The topological polar surface area (TPSA) is 52.5 Å². The van der Waals surface area contributed by atoms with Gasteiger partial charge in [-0.1, -0.05) is 84.9 Å². The molecule has 0 bridgehead atoms. The van der Waals surface area contributed by atoms with Gasteiger partial charge in [0, 0.05) is 42.2 Å². The number of hydrogen-bond acceptors (Lipinski definition) is 3. The Morgan fingerprint density at radius 3 is 1.71 bits per heavy atom. The molecule has 0 aliphatic rings. The molecule has 0 spiro atoms. The zero-order valence-corrected chi connectivity index (χ0v) is 26.5. The predicted molar refractivity (Wildman–Crippen MR) is 199 cm³/mol. The van der Waals surface area contributed by atoms with Crippen molar-refractivity contribution in [3.63, 3.8) is 0 Å². The summed E-state index contributed by atoms with van der Waals surface area (Å²) in [5, 5.41) is 25.1. The molecule has 3 nitrogen and oxygen atoms in total. The van der Waals surface area contributed by atoms with Gasteiger partial charge in [-0.15, -0.1) is 11.3 Å². The number of para-hydroxylation sites is 2. The first-order valence-corrected chi connectivity index (χ1v) is 16.6. The van der Waals surface area contributed by atoms with Crippen molar-refractivity contribution >= 4 is 53.3 Å². The Morgan fingerprint density at radius 2 is 1.00 bits per heavy atom. The summed E-state index contributed by atoms with van der Waals surface area (Å²) in [6, 6.07) is 57.2. The van der Waals surface area contributed by atoms with Gasteiger partial charge in [0.15, 0.2) is 0 Å². The van der Waals surface area contributed by atoms with Gasteiger partial charge in [0.1, 0.15) is 0 Å². The molecular formula is C44H25N3S. The fourth-order valence-electron chi connectivity index (χ4n) is 7.03. The predicted octanol–water partition coefficient (Wildman–Crippen LogP) is 11.9. The third kappa shape index (κ3) is 4.48. The Kier molecular flexibility index (Phi) is 6.44. The highest BCUT2D eigenvalue weighted by molar-refractivity contribution is 7.26. The number of nitrogens with zero attached hydrogens (tertiary/aromatic N) is 3. The van der Waals surface area contributed by atoms with Crippen LogP contribution in [0.3, 0.4) is 0 Å². The molecule has 48 heavy (non-hydrogen) atoms. The van der Waals surface area contributed by atoms with Crippen LogP contribution in [0.5, 0.6) is 0 Å². The summed E-state index contributed by atoms with van der Waals surface area (Å²) < 4.78 is 4.65. The quantitative estimate of drug-likeness (QED) is 0.195. The molecule has 2 aromatic heterocycles. The Balaban J connectivity index is 1.33. The molecule has 0 radical (unpaired) electrons. The van der Waals surface area contributed by atoms with Gasteiger partial charge in [0.2, 0.25) is 0 Å². The largest absolute Gasteiger partial charge is 0.309 e. The SMILES string of the molecule is N#Cc1cc(-c2ccccc2)cc(-c2cc(-c3cc(C#N)cc(-n4c5ccccc5c5ccccc54)c3)cc3c2sc2ccccc23)c1. The van der Waals surface area contributed by atoms with E-state index in [-0.39, 0.29) is 0 Å². The average Bonchev–Trinajstić information content (AvgIpc) is 3.70. The second kappa shape index (κ2) is 11.1. The molecule has 7 aromatic carbocycles. The van der Waals surface area contributed by atoms with Crippen molar-refractivity contribution in [2.24, 2.45) is 0 Å². The fraction of sp³-hybridized carbons (Fsp3) is 0. The molecule has 0 saturated heterocycles. The number of hydrogen-bond donors (Lipinski definition) is 0. The van der Waals surface area contributed by atoms with Crippen molar-refractivity contribution in [2.75, 3.05) is 0 Å². The van der Waals surface area contributed by atoms with Crippen LogP contribution < -0.4 is 0 Å². The van der Waals surface area contributed by atoms with Crippen LogP contribution >= 0.6 is 11.3 Å². The highest BCUT2D eigenvalue weighted by Crippen LogP contribution is 2.44. The molecule has 0 saturated carbocycles. The molecule has 9 aromatic rings. The molecule has 4 heteroatoms. The van der Waals surface area contributed by atoms with Crippen molar-refractivity contribution in [1.29, 1.82) is 10.5 Å². The van der Waals surface area contributed by atoms with Crippen molar-refractivity contribution in [2.45, 2.75) is 0 Å². The second-order valence-electron chi connectivity index (χ2n) is 12.0. The van der Waals surface area contributed by atoms with E-state index in [9.17, 15) is 10.5 Å². The number of benzene rings is 7. The maximum atomic E-state index is 10.3. The summed E-state index contributed by atoms with van der Waals surface area (Å²) in [7, 11) is 0. The average molecular weight is 628 g/mol. The van der Waals surface area contributed by atoms with E-state index in [1.165, 1.54) is 25.6 Å². The lowest BCUT2D eigenvalue weighted by atomic mass is 9.92. The minimum Gasteiger partial charge on any atom is -0.309 e. The normalized spacial score (nSPS) is 11.3. The molecule has 2 heterocycles. The highest BCUT2D eigenvalue weighted by atomic mass is 32.1. The third-order valence-electron chi connectivity index (χ3n) is 9.18. The van der Waals surface area contributed by atoms with Crippen molar-refractivity contribution < 1.29 is 0 Å². The van der Waals surface area contributed by atoms with E-state index in [1.807, 2.05) is 42.5 Å². The zero-order chi connectivity index (χ0) is 32.2. The third-order valence-corrected chi connectivity index (χ3v) is 10.4. The number of thiophene rings is 1. The lowest BCUT2D eigenvalue weighted by molar-refractivity contribution is 1.18. The molecule has 0 unspecified atom stereocenters. The molecular weight excluding hydrogens is 603 g/mol. The van der Waals surface area contributed by atoms with Gasteiger partial charge in [-0.05, 0) is 94.5 Å². The fourth-order valence-corrected chi connectivity index (χ4v) is 8.25. The van der Waals surface area contributed by atoms with E-state index in [4.69, 9.17) is 0 Å². The highest BCUT2D eigenvalue weighted by Gasteiger charge is 2.18. The summed E-state index contributed by atoms with van der Waals surface area (Å²) >= 11 is 1.77. The molecule has 0 amide bonds. The van der Waals surface area contributed by atoms with Crippen LogP contribution in [0.4, 0.5) is 0 Å². The molecule has 0 aliphatic heterocycles. The first-order chi connectivity index (χ1) is 23.7. The molecule has 222 valence electrons. The first-order valence-electron chi connectivity index (χ1n) is 15.8. The second-order valence-corrected chi connectivity index (χ2v) is 13.1. The van der Waals surface area contributed by atoms with Gasteiger partial charge >= 0.3 is 0 Å². The van der Waals surface area contributed by atoms with E-state index in [0.29, 0.717) is 11.1 Å². The summed E-state index contributed by atoms with van der Waals surface area (Å²) in [4.78, 5) is 0. The van der Waals surface area contributed by atoms with Gasteiger partial charge in [0.05, 0.1) is 34.3 Å². The molecule has 9 rings (SSSR count). The Bertz CT molecular complexity index is 2750. The smallest absolute Gasteiger partial charge is 0.0992 e. The first kappa shape index (κ1) is 27.8. The summed E-state index contributed by atoms with van der Waals surface area (Å²) in [6.07, 6.45) is 0. The lowest BCUT2D eigenvalue weighted by Gasteiger charge is -2.14. The number of fused-ring (bicyclic) bond motifs is 6. The van der Waals surface area contributed by atoms with Crippen LogP contribution in [0, 0.1) is 22.7 Å². The Hall–Kier alpha value is -6.46. The minimum absolute atomic E-state index is 0.596. The zero-order valence-electron chi connectivity index (χ0n) is 25.7. The summed E-state index contributed by atoms with van der Waals surface area (Å²) in [5.74, 6) is 0. The van der Waals surface area contributed by atoms with Crippen LogP contribution in [0.25, 0.3) is 81.0 Å². The van der Waals surface area contributed by atoms with Gasteiger partial charge in [-0.2, -0.15) is 10.5 Å². The van der Waals surface area contributed by atoms with Crippen molar-refractivity contribution in [3.8, 4) is 51.2 Å². The molecule has 0 atom stereocenters. The maximum Gasteiger partial charge on any atom is 0.0992 e. The van der Waals surface area contributed by atoms with Crippen LogP contribution in [0.1, 0.15) is 11.1 Å².